The molecule has 106 valence electrons. The molecule has 0 spiro atoms. The fourth-order valence-corrected chi connectivity index (χ4v) is 3.36. The first-order valence-corrected chi connectivity index (χ1v) is 7.41. The van der Waals surface area contributed by atoms with E-state index in [0.29, 0.717) is 6.04 Å². The van der Waals surface area contributed by atoms with Crippen molar-refractivity contribution < 1.29 is 9.90 Å². The summed E-state index contributed by atoms with van der Waals surface area (Å²) in [5.74, 6) is -0.961. The molecule has 0 amide bonds. The van der Waals surface area contributed by atoms with Gasteiger partial charge in [-0.25, -0.2) is 4.79 Å². The monoisotopic (exact) mass is 291 g/mol. The molecule has 0 saturated carbocycles. The first kappa shape index (κ1) is 13.3. The summed E-state index contributed by atoms with van der Waals surface area (Å²) >= 11 is 1.25. The molecule has 1 fully saturated rings. The fourth-order valence-electron chi connectivity index (χ4n) is 2.56. The number of likely N-dealkylation sites (N-methyl/N-ethyl adjacent to an activating group) is 1. The van der Waals surface area contributed by atoms with Gasteiger partial charge in [0.05, 0.1) is 4.70 Å². The molecule has 0 radical (unpaired) electrons. The largest absolute Gasteiger partial charge is 0.476 e. The Bertz CT molecular complexity index is 655. The average molecular weight is 291 g/mol. The predicted octanol–water partition coefficient (Wildman–Crippen LogP) is 2.13. The first-order chi connectivity index (χ1) is 9.56. The third-order valence-corrected chi connectivity index (χ3v) is 4.79. The normalized spacial score (nSPS) is 20.5. The molecule has 20 heavy (non-hydrogen) atoms. The van der Waals surface area contributed by atoms with Gasteiger partial charge in [0.1, 0.15) is 0 Å². The molecule has 0 aliphatic carbocycles. The number of aromatic nitrogens is 1. The number of rotatable bonds is 2. The van der Waals surface area contributed by atoms with Gasteiger partial charge < -0.3 is 14.9 Å². The van der Waals surface area contributed by atoms with Crippen molar-refractivity contribution in [2.45, 2.75) is 13.0 Å². The van der Waals surface area contributed by atoms with Crippen molar-refractivity contribution in [3.8, 4) is 0 Å². The summed E-state index contributed by atoms with van der Waals surface area (Å²) in [6, 6.07) is 6.45. The van der Waals surface area contributed by atoms with Crippen LogP contribution in [0.1, 0.15) is 17.4 Å². The van der Waals surface area contributed by atoms with Crippen molar-refractivity contribution in [3.05, 3.63) is 23.9 Å². The van der Waals surface area contributed by atoms with Crippen molar-refractivity contribution in [3.63, 3.8) is 0 Å². The topological polar surface area (TPSA) is 56.7 Å². The highest BCUT2D eigenvalue weighted by Crippen LogP contribution is 2.28. The Morgan fingerprint density at radius 2 is 2.25 bits per heavy atom. The zero-order valence-corrected chi connectivity index (χ0v) is 12.4. The van der Waals surface area contributed by atoms with Gasteiger partial charge in [-0.15, -0.1) is 0 Å². The SMILES string of the molecule is CC1CN(c2ccc3c(C(=O)O)nsc3c2)CCN1C. The number of piperazine rings is 1. The Morgan fingerprint density at radius 3 is 2.95 bits per heavy atom. The third kappa shape index (κ3) is 2.25. The van der Waals surface area contributed by atoms with Gasteiger partial charge in [-0.2, -0.15) is 4.37 Å². The van der Waals surface area contributed by atoms with Crippen LogP contribution in [0, 0.1) is 0 Å². The lowest BCUT2D eigenvalue weighted by atomic mass is 10.1. The van der Waals surface area contributed by atoms with Gasteiger partial charge in [-0.05, 0) is 43.7 Å². The Balaban J connectivity index is 1.92. The molecule has 1 unspecified atom stereocenters. The van der Waals surface area contributed by atoms with Crippen molar-refractivity contribution >= 4 is 33.3 Å². The highest BCUT2D eigenvalue weighted by Gasteiger charge is 2.21. The number of fused-ring (bicyclic) bond motifs is 1. The second-order valence-corrected chi connectivity index (χ2v) is 6.10. The van der Waals surface area contributed by atoms with Crippen LogP contribution in [-0.2, 0) is 0 Å². The standard InChI is InChI=1S/C14H17N3O2S/c1-9-8-17(6-5-16(9)2)10-3-4-11-12(7-10)20-15-13(11)14(18)19/h3-4,7,9H,5-6,8H2,1-2H3,(H,18,19). The molecule has 1 aliphatic rings. The number of benzene rings is 1. The van der Waals surface area contributed by atoms with Gasteiger partial charge in [0.2, 0.25) is 0 Å². The summed E-state index contributed by atoms with van der Waals surface area (Å²) in [5, 5.41) is 9.81. The summed E-state index contributed by atoms with van der Waals surface area (Å²) in [6.07, 6.45) is 0. The minimum Gasteiger partial charge on any atom is -0.476 e. The van der Waals surface area contributed by atoms with Gasteiger partial charge >= 0.3 is 5.97 Å². The molecule has 5 nitrogen and oxygen atoms in total. The van der Waals surface area contributed by atoms with Gasteiger partial charge in [0.25, 0.3) is 0 Å². The zero-order valence-electron chi connectivity index (χ0n) is 11.5. The van der Waals surface area contributed by atoms with Crippen molar-refractivity contribution in [2.75, 3.05) is 31.6 Å². The Morgan fingerprint density at radius 1 is 1.45 bits per heavy atom. The number of anilines is 1. The molecule has 2 aromatic rings. The van der Waals surface area contributed by atoms with E-state index in [4.69, 9.17) is 5.11 Å². The van der Waals surface area contributed by atoms with E-state index < -0.39 is 5.97 Å². The van der Waals surface area contributed by atoms with E-state index in [9.17, 15) is 4.79 Å². The molecular weight excluding hydrogens is 274 g/mol. The summed E-state index contributed by atoms with van der Waals surface area (Å²) < 4.78 is 4.96. The maximum atomic E-state index is 11.1. The lowest BCUT2D eigenvalue weighted by molar-refractivity contribution is 0.0694. The number of hydrogen-bond donors (Lipinski definition) is 1. The second kappa shape index (κ2) is 5.03. The number of carboxylic acids is 1. The highest BCUT2D eigenvalue weighted by molar-refractivity contribution is 7.13. The Hall–Kier alpha value is -1.66. The number of carboxylic acid groups (broad SMARTS) is 1. The van der Waals surface area contributed by atoms with Gasteiger partial charge in [-0.3, -0.25) is 0 Å². The lowest BCUT2D eigenvalue weighted by Crippen LogP contribution is -2.50. The molecule has 1 saturated heterocycles. The van der Waals surface area contributed by atoms with E-state index in [2.05, 4.69) is 34.2 Å². The van der Waals surface area contributed by atoms with E-state index in [1.807, 2.05) is 12.1 Å². The maximum Gasteiger partial charge on any atom is 0.356 e. The molecule has 1 N–H and O–H groups in total. The number of carbonyl (C=O) groups is 1. The molecule has 1 aromatic carbocycles. The summed E-state index contributed by atoms with van der Waals surface area (Å²) in [7, 11) is 2.15. The molecule has 3 rings (SSSR count). The van der Waals surface area contributed by atoms with Crippen molar-refractivity contribution in [1.82, 2.24) is 9.27 Å². The number of aromatic carboxylic acids is 1. The zero-order chi connectivity index (χ0) is 14.3. The Kier molecular flexibility index (Phi) is 3.35. The summed E-state index contributed by atoms with van der Waals surface area (Å²) in [6.45, 7) is 5.26. The maximum absolute atomic E-state index is 11.1. The van der Waals surface area contributed by atoms with Crippen LogP contribution in [0.5, 0.6) is 0 Å². The minimum absolute atomic E-state index is 0.156. The number of hydrogen-bond acceptors (Lipinski definition) is 5. The summed E-state index contributed by atoms with van der Waals surface area (Å²) in [5.41, 5.74) is 1.31. The first-order valence-electron chi connectivity index (χ1n) is 6.64. The summed E-state index contributed by atoms with van der Waals surface area (Å²) in [4.78, 5) is 15.8. The second-order valence-electron chi connectivity index (χ2n) is 5.29. The van der Waals surface area contributed by atoms with E-state index in [0.717, 1.165) is 35.4 Å². The van der Waals surface area contributed by atoms with E-state index in [1.165, 1.54) is 11.5 Å². The van der Waals surface area contributed by atoms with Gasteiger partial charge in [0, 0.05) is 36.7 Å². The van der Waals surface area contributed by atoms with Crippen molar-refractivity contribution in [2.24, 2.45) is 0 Å². The van der Waals surface area contributed by atoms with Crippen LogP contribution in [0.2, 0.25) is 0 Å². The minimum atomic E-state index is -0.961. The molecule has 6 heteroatoms. The van der Waals surface area contributed by atoms with Crippen LogP contribution >= 0.6 is 11.5 Å². The van der Waals surface area contributed by atoms with E-state index in [-0.39, 0.29) is 5.69 Å². The average Bonchev–Trinajstić information content (AvgIpc) is 2.85. The van der Waals surface area contributed by atoms with Crippen LogP contribution in [0.25, 0.3) is 10.1 Å². The van der Waals surface area contributed by atoms with Gasteiger partial charge in [0.15, 0.2) is 5.69 Å². The van der Waals surface area contributed by atoms with E-state index >= 15 is 0 Å². The van der Waals surface area contributed by atoms with Crippen molar-refractivity contribution in [1.29, 1.82) is 0 Å². The number of nitrogens with zero attached hydrogens (tertiary/aromatic N) is 3. The molecule has 1 aliphatic heterocycles. The van der Waals surface area contributed by atoms with Crippen LogP contribution in [-0.4, -0.2) is 53.1 Å². The predicted molar refractivity (Wildman–Crippen MR) is 80.9 cm³/mol. The molecular formula is C14H17N3O2S. The molecule has 1 aromatic heterocycles. The fraction of sp³-hybridized carbons (Fsp3) is 0.429. The van der Waals surface area contributed by atoms with Gasteiger partial charge in [-0.1, -0.05) is 0 Å². The lowest BCUT2D eigenvalue weighted by Gasteiger charge is -2.39. The molecule has 2 heterocycles. The van der Waals surface area contributed by atoms with Crippen LogP contribution in [0.4, 0.5) is 5.69 Å². The Labute approximate surface area is 121 Å². The van der Waals surface area contributed by atoms with Crippen LogP contribution < -0.4 is 4.90 Å². The molecule has 1 atom stereocenters. The highest BCUT2D eigenvalue weighted by atomic mass is 32.1. The van der Waals surface area contributed by atoms with Crippen LogP contribution in [0.3, 0.4) is 0 Å². The van der Waals surface area contributed by atoms with Crippen LogP contribution in [0.15, 0.2) is 18.2 Å². The molecule has 0 bridgehead atoms. The smallest absolute Gasteiger partial charge is 0.356 e. The van der Waals surface area contributed by atoms with E-state index in [1.54, 1.807) is 0 Å². The third-order valence-electron chi connectivity index (χ3n) is 3.98. The quantitative estimate of drug-likeness (QED) is 0.918.